The monoisotopic (exact) mass is 293 g/mol. The summed E-state index contributed by atoms with van der Waals surface area (Å²) in [5.41, 5.74) is 2.72. The van der Waals surface area contributed by atoms with Crippen LogP contribution in [-0.2, 0) is 11.2 Å². The second kappa shape index (κ2) is 6.22. The molecule has 5 heteroatoms. The van der Waals surface area contributed by atoms with Crippen LogP contribution >= 0.6 is 11.3 Å². The van der Waals surface area contributed by atoms with Crippen molar-refractivity contribution in [1.82, 2.24) is 4.98 Å². The first-order chi connectivity index (χ1) is 9.52. The van der Waals surface area contributed by atoms with E-state index in [9.17, 15) is 4.79 Å². The molecule has 0 radical (unpaired) electrons. The summed E-state index contributed by atoms with van der Waals surface area (Å²) in [7, 11) is 0. The molecule has 0 atom stereocenters. The van der Waals surface area contributed by atoms with Crippen LogP contribution in [0.25, 0.3) is 11.5 Å². The van der Waals surface area contributed by atoms with Gasteiger partial charge in [-0.2, -0.15) is 11.3 Å². The lowest BCUT2D eigenvalue weighted by molar-refractivity contribution is 0.0489. The topological polar surface area (TPSA) is 52.3 Å². The zero-order valence-corrected chi connectivity index (χ0v) is 13.0. The van der Waals surface area contributed by atoms with Gasteiger partial charge in [-0.3, -0.25) is 0 Å². The summed E-state index contributed by atoms with van der Waals surface area (Å²) in [6, 6.07) is 0. The van der Waals surface area contributed by atoms with E-state index in [1.54, 1.807) is 18.3 Å². The maximum Gasteiger partial charge on any atom is 0.376 e. The summed E-state index contributed by atoms with van der Waals surface area (Å²) < 4.78 is 10.7. The van der Waals surface area contributed by atoms with Gasteiger partial charge in [0.1, 0.15) is 0 Å². The van der Waals surface area contributed by atoms with Crippen molar-refractivity contribution in [3.8, 4) is 11.5 Å². The summed E-state index contributed by atoms with van der Waals surface area (Å²) in [6.07, 6.45) is 0.695. The van der Waals surface area contributed by atoms with E-state index < -0.39 is 5.97 Å². The number of aromatic nitrogens is 1. The minimum absolute atomic E-state index is 0.237. The normalized spacial score (nSPS) is 11.1. The van der Waals surface area contributed by atoms with Crippen LogP contribution in [0.2, 0.25) is 0 Å². The quantitative estimate of drug-likeness (QED) is 0.779. The fourth-order valence-corrected chi connectivity index (χ4v) is 2.75. The fraction of sp³-hybridized carbons (Fsp3) is 0.467. The van der Waals surface area contributed by atoms with Gasteiger partial charge in [-0.15, -0.1) is 0 Å². The third-order valence-electron chi connectivity index (χ3n) is 2.85. The Morgan fingerprint density at radius 2 is 2.20 bits per heavy atom. The number of ether oxygens (including phenoxy) is 1. The van der Waals surface area contributed by atoms with E-state index in [0.717, 1.165) is 11.1 Å². The van der Waals surface area contributed by atoms with Gasteiger partial charge < -0.3 is 9.15 Å². The number of carbonyl (C=O) groups excluding carboxylic acids is 1. The highest BCUT2D eigenvalue weighted by molar-refractivity contribution is 7.08. The summed E-state index contributed by atoms with van der Waals surface area (Å²) in [6.45, 7) is 8.27. The average Bonchev–Trinajstić information content (AvgIpc) is 2.95. The number of aryl methyl sites for hydroxylation is 1. The van der Waals surface area contributed by atoms with Crippen molar-refractivity contribution < 1.29 is 13.9 Å². The molecule has 2 rings (SSSR count). The smallest absolute Gasteiger partial charge is 0.376 e. The highest BCUT2D eigenvalue weighted by Crippen LogP contribution is 2.29. The van der Waals surface area contributed by atoms with E-state index in [-0.39, 0.29) is 5.76 Å². The van der Waals surface area contributed by atoms with Gasteiger partial charge in [-0.1, -0.05) is 13.8 Å². The third-order valence-corrected chi connectivity index (χ3v) is 3.71. The molecule has 0 unspecified atom stereocenters. The summed E-state index contributed by atoms with van der Waals surface area (Å²) in [5.74, 6) is 0.697. The molecule has 0 spiro atoms. The first-order valence-corrected chi connectivity index (χ1v) is 7.67. The Hall–Kier alpha value is -1.62. The number of hydrogen-bond donors (Lipinski definition) is 0. The standard InChI is InChI=1S/C15H19NO3S/c1-5-18-15(17)13-12(6-9(2)3)16-14(19-13)11-8-20-7-10(11)4/h7-9H,5-6H2,1-4H3. The predicted octanol–water partition coefficient (Wildman–Crippen LogP) is 4.09. The van der Waals surface area contributed by atoms with Gasteiger partial charge in [0.25, 0.3) is 0 Å². The second-order valence-corrected chi connectivity index (χ2v) is 5.83. The number of nitrogens with zero attached hydrogens (tertiary/aromatic N) is 1. The van der Waals surface area contributed by atoms with Crippen molar-refractivity contribution in [2.45, 2.75) is 34.1 Å². The molecule has 2 heterocycles. The zero-order valence-electron chi connectivity index (χ0n) is 12.2. The summed E-state index contributed by atoms with van der Waals surface area (Å²) >= 11 is 1.59. The Morgan fingerprint density at radius 1 is 1.45 bits per heavy atom. The molecule has 0 aromatic carbocycles. The number of hydrogen-bond acceptors (Lipinski definition) is 5. The van der Waals surface area contributed by atoms with Crippen LogP contribution in [0.4, 0.5) is 0 Å². The van der Waals surface area contributed by atoms with Crippen LogP contribution in [0.15, 0.2) is 15.2 Å². The molecule has 0 N–H and O–H groups in total. The van der Waals surface area contributed by atoms with Crippen molar-refractivity contribution in [3.63, 3.8) is 0 Å². The maximum absolute atomic E-state index is 12.0. The molecule has 0 aliphatic carbocycles. The molecule has 2 aromatic rings. The summed E-state index contributed by atoms with van der Waals surface area (Å²) in [4.78, 5) is 16.5. The molecule has 0 fully saturated rings. The Kier molecular flexibility index (Phi) is 4.60. The fourth-order valence-electron chi connectivity index (χ4n) is 1.93. The van der Waals surface area contributed by atoms with Crippen molar-refractivity contribution in [1.29, 1.82) is 0 Å². The molecule has 0 aliphatic heterocycles. The molecule has 20 heavy (non-hydrogen) atoms. The van der Waals surface area contributed by atoms with Gasteiger partial charge in [0.2, 0.25) is 11.7 Å². The van der Waals surface area contributed by atoms with Gasteiger partial charge in [-0.05, 0) is 37.1 Å². The Bertz CT molecular complexity index is 598. The lowest BCUT2D eigenvalue weighted by Gasteiger charge is -2.02. The van der Waals surface area contributed by atoms with Gasteiger partial charge >= 0.3 is 5.97 Å². The van der Waals surface area contributed by atoms with E-state index in [1.807, 2.05) is 17.7 Å². The average molecular weight is 293 g/mol. The van der Waals surface area contributed by atoms with Gasteiger partial charge in [0, 0.05) is 5.38 Å². The zero-order chi connectivity index (χ0) is 14.7. The van der Waals surface area contributed by atoms with E-state index in [0.29, 0.717) is 30.5 Å². The van der Waals surface area contributed by atoms with Crippen molar-refractivity contribution >= 4 is 17.3 Å². The highest BCUT2D eigenvalue weighted by atomic mass is 32.1. The SMILES string of the molecule is CCOC(=O)c1oc(-c2cscc2C)nc1CC(C)C. The minimum atomic E-state index is -0.435. The lowest BCUT2D eigenvalue weighted by Crippen LogP contribution is -2.08. The third kappa shape index (κ3) is 3.10. The van der Waals surface area contributed by atoms with Gasteiger partial charge in [0.15, 0.2) is 0 Å². The molecular weight excluding hydrogens is 274 g/mol. The van der Waals surface area contributed by atoms with Crippen LogP contribution in [-0.4, -0.2) is 17.6 Å². The number of rotatable bonds is 5. The molecule has 108 valence electrons. The van der Waals surface area contributed by atoms with E-state index >= 15 is 0 Å². The molecule has 2 aromatic heterocycles. The Balaban J connectivity index is 2.41. The molecular formula is C15H19NO3S. The number of oxazole rings is 1. The van der Waals surface area contributed by atoms with Crippen LogP contribution < -0.4 is 0 Å². The molecule has 0 aliphatic rings. The van der Waals surface area contributed by atoms with Crippen LogP contribution in [0.3, 0.4) is 0 Å². The number of thiophene rings is 1. The second-order valence-electron chi connectivity index (χ2n) is 5.08. The van der Waals surface area contributed by atoms with E-state index in [2.05, 4.69) is 18.8 Å². The lowest BCUT2D eigenvalue weighted by atomic mass is 10.1. The summed E-state index contributed by atoms with van der Waals surface area (Å²) in [5, 5.41) is 4.01. The maximum atomic E-state index is 12.0. The number of carbonyl (C=O) groups is 1. The van der Waals surface area contributed by atoms with Crippen molar-refractivity contribution in [3.05, 3.63) is 27.8 Å². The van der Waals surface area contributed by atoms with Crippen LogP contribution in [0.5, 0.6) is 0 Å². The highest BCUT2D eigenvalue weighted by Gasteiger charge is 2.23. The molecule has 4 nitrogen and oxygen atoms in total. The van der Waals surface area contributed by atoms with E-state index in [1.165, 1.54) is 0 Å². The number of esters is 1. The molecule has 0 amide bonds. The first-order valence-electron chi connectivity index (χ1n) is 6.72. The van der Waals surface area contributed by atoms with Crippen molar-refractivity contribution in [2.24, 2.45) is 5.92 Å². The van der Waals surface area contributed by atoms with Crippen LogP contribution in [0.1, 0.15) is 42.6 Å². The first kappa shape index (κ1) is 14.8. The predicted molar refractivity (Wildman–Crippen MR) is 79.1 cm³/mol. The Morgan fingerprint density at radius 3 is 2.75 bits per heavy atom. The molecule has 0 bridgehead atoms. The van der Waals surface area contributed by atoms with Crippen LogP contribution in [0, 0.1) is 12.8 Å². The molecule has 0 saturated heterocycles. The van der Waals surface area contributed by atoms with Gasteiger partial charge in [0.05, 0.1) is 17.9 Å². The van der Waals surface area contributed by atoms with Gasteiger partial charge in [-0.25, -0.2) is 9.78 Å². The minimum Gasteiger partial charge on any atom is -0.460 e. The van der Waals surface area contributed by atoms with Crippen molar-refractivity contribution in [2.75, 3.05) is 6.61 Å². The largest absolute Gasteiger partial charge is 0.460 e. The Labute approximate surface area is 122 Å². The molecule has 0 saturated carbocycles. The van der Waals surface area contributed by atoms with E-state index in [4.69, 9.17) is 9.15 Å².